The maximum atomic E-state index is 9.79. The van der Waals surface area contributed by atoms with Crippen molar-refractivity contribution in [3.8, 4) is 11.5 Å². The van der Waals surface area contributed by atoms with Crippen LogP contribution in [0.25, 0.3) is 0 Å². The number of phenols is 1. The fourth-order valence-electron chi connectivity index (χ4n) is 2.15. The normalized spacial score (nSPS) is 10.5. The Morgan fingerprint density at radius 2 is 2.00 bits per heavy atom. The lowest BCUT2D eigenvalue weighted by atomic mass is 10.1. The van der Waals surface area contributed by atoms with Crippen molar-refractivity contribution in [1.29, 1.82) is 0 Å². The summed E-state index contributed by atoms with van der Waals surface area (Å²) in [4.78, 5) is 0. The molecule has 0 radical (unpaired) electrons. The Labute approximate surface area is 120 Å². The lowest BCUT2D eigenvalue weighted by Crippen LogP contribution is -2.16. The molecule has 0 atom stereocenters. The lowest BCUT2D eigenvalue weighted by Gasteiger charge is -2.09. The molecule has 0 fully saturated rings. The molecule has 2 aromatic carbocycles. The number of phenolic OH excluding ortho intramolecular Hbond substituents is 1. The van der Waals surface area contributed by atoms with Crippen molar-refractivity contribution in [3.05, 3.63) is 59.2 Å². The minimum atomic E-state index is 0.300. The second kappa shape index (κ2) is 6.96. The highest BCUT2D eigenvalue weighted by Gasteiger charge is 2.03. The Balaban J connectivity index is 1.84. The van der Waals surface area contributed by atoms with Crippen LogP contribution in [0.15, 0.2) is 42.5 Å². The van der Waals surface area contributed by atoms with Gasteiger partial charge in [0.15, 0.2) is 0 Å². The monoisotopic (exact) mass is 271 g/mol. The summed E-state index contributed by atoms with van der Waals surface area (Å²) in [5.74, 6) is 1.06. The minimum Gasteiger partial charge on any atom is -0.508 e. The number of hydrogen-bond donors (Lipinski definition) is 2. The van der Waals surface area contributed by atoms with Crippen LogP contribution in [0.4, 0.5) is 0 Å². The van der Waals surface area contributed by atoms with Gasteiger partial charge in [-0.1, -0.05) is 29.8 Å². The van der Waals surface area contributed by atoms with Gasteiger partial charge in [0.1, 0.15) is 11.5 Å². The molecule has 3 heteroatoms. The first-order valence-corrected chi connectivity index (χ1v) is 6.81. The van der Waals surface area contributed by atoms with Gasteiger partial charge in [-0.2, -0.15) is 0 Å². The van der Waals surface area contributed by atoms with Crippen molar-refractivity contribution < 1.29 is 9.84 Å². The molecule has 0 unspecified atom stereocenters. The quantitative estimate of drug-likeness (QED) is 0.793. The number of hydrogen-bond acceptors (Lipinski definition) is 3. The first-order valence-electron chi connectivity index (χ1n) is 6.81. The molecular weight excluding hydrogens is 250 g/mol. The van der Waals surface area contributed by atoms with Crippen molar-refractivity contribution in [2.24, 2.45) is 0 Å². The smallest absolute Gasteiger partial charge is 0.120 e. The number of benzene rings is 2. The van der Waals surface area contributed by atoms with Crippen molar-refractivity contribution >= 4 is 0 Å². The van der Waals surface area contributed by atoms with Gasteiger partial charge in [-0.3, -0.25) is 0 Å². The van der Waals surface area contributed by atoms with E-state index in [9.17, 15) is 5.11 Å². The first-order chi connectivity index (χ1) is 9.69. The average Bonchev–Trinajstić information content (AvgIpc) is 2.45. The predicted molar refractivity (Wildman–Crippen MR) is 81.2 cm³/mol. The molecule has 106 valence electrons. The molecule has 0 amide bonds. The summed E-state index contributed by atoms with van der Waals surface area (Å²) in [6, 6.07) is 13.8. The third-order valence-corrected chi connectivity index (χ3v) is 3.28. The Morgan fingerprint density at radius 3 is 2.75 bits per heavy atom. The van der Waals surface area contributed by atoms with E-state index in [0.29, 0.717) is 12.3 Å². The van der Waals surface area contributed by atoms with E-state index in [4.69, 9.17) is 4.74 Å². The number of aryl methyl sites for hydroxylation is 1. The van der Waals surface area contributed by atoms with Crippen LogP contribution in [0.2, 0.25) is 0 Å². The highest BCUT2D eigenvalue weighted by molar-refractivity contribution is 5.39. The highest BCUT2D eigenvalue weighted by atomic mass is 16.5. The molecule has 2 N–H and O–H groups in total. The van der Waals surface area contributed by atoms with Gasteiger partial charge >= 0.3 is 0 Å². The third-order valence-electron chi connectivity index (χ3n) is 3.28. The van der Waals surface area contributed by atoms with Crippen LogP contribution in [-0.4, -0.2) is 18.8 Å². The van der Waals surface area contributed by atoms with E-state index < -0.39 is 0 Å². The van der Waals surface area contributed by atoms with Gasteiger partial charge in [0, 0.05) is 12.1 Å². The second-order valence-corrected chi connectivity index (χ2v) is 4.91. The molecule has 0 aliphatic heterocycles. The molecule has 2 rings (SSSR count). The molecule has 0 heterocycles. The van der Waals surface area contributed by atoms with E-state index in [1.165, 1.54) is 11.1 Å². The Bertz CT molecular complexity index is 567. The second-order valence-electron chi connectivity index (χ2n) is 4.91. The summed E-state index contributed by atoms with van der Waals surface area (Å²) in [5, 5.41) is 13.1. The van der Waals surface area contributed by atoms with Crippen LogP contribution >= 0.6 is 0 Å². The lowest BCUT2D eigenvalue weighted by molar-refractivity contribution is 0.410. The standard InChI is InChI=1S/C17H21NO2/c1-13-4-3-5-14(10-13)8-9-18-12-15-11-16(20-2)6-7-17(15)19/h3-7,10-11,18-19H,8-9,12H2,1-2H3. The van der Waals surface area contributed by atoms with Crippen LogP contribution < -0.4 is 10.1 Å². The Morgan fingerprint density at radius 1 is 1.15 bits per heavy atom. The van der Waals surface area contributed by atoms with Gasteiger partial charge in [-0.15, -0.1) is 0 Å². The van der Waals surface area contributed by atoms with Gasteiger partial charge in [-0.25, -0.2) is 0 Å². The van der Waals surface area contributed by atoms with E-state index >= 15 is 0 Å². The maximum Gasteiger partial charge on any atom is 0.120 e. The number of aromatic hydroxyl groups is 1. The minimum absolute atomic E-state index is 0.300. The molecule has 0 aliphatic rings. The van der Waals surface area contributed by atoms with E-state index in [1.807, 2.05) is 6.07 Å². The zero-order valence-corrected chi connectivity index (χ0v) is 12.0. The predicted octanol–water partition coefficient (Wildman–Crippen LogP) is 3.04. The van der Waals surface area contributed by atoms with Crippen LogP contribution in [0.5, 0.6) is 11.5 Å². The molecule has 0 saturated carbocycles. The van der Waals surface area contributed by atoms with E-state index in [0.717, 1.165) is 24.3 Å². The summed E-state index contributed by atoms with van der Waals surface area (Å²) >= 11 is 0. The van der Waals surface area contributed by atoms with E-state index in [2.05, 4.69) is 36.5 Å². The molecule has 0 aliphatic carbocycles. The summed E-state index contributed by atoms with van der Waals surface area (Å²) in [7, 11) is 1.63. The van der Waals surface area contributed by atoms with Crippen LogP contribution in [-0.2, 0) is 13.0 Å². The van der Waals surface area contributed by atoms with Crippen LogP contribution in [0.3, 0.4) is 0 Å². The van der Waals surface area contributed by atoms with Crippen molar-refractivity contribution in [1.82, 2.24) is 5.32 Å². The van der Waals surface area contributed by atoms with Gasteiger partial charge in [0.05, 0.1) is 7.11 Å². The fourth-order valence-corrected chi connectivity index (χ4v) is 2.15. The zero-order valence-electron chi connectivity index (χ0n) is 12.0. The first kappa shape index (κ1) is 14.4. The molecule has 3 nitrogen and oxygen atoms in total. The molecule has 0 spiro atoms. The van der Waals surface area contributed by atoms with Gasteiger partial charge < -0.3 is 15.2 Å². The molecule has 20 heavy (non-hydrogen) atoms. The van der Waals surface area contributed by atoms with Gasteiger partial charge in [0.25, 0.3) is 0 Å². The van der Waals surface area contributed by atoms with Crippen LogP contribution in [0, 0.1) is 6.92 Å². The number of methoxy groups -OCH3 is 1. The van der Waals surface area contributed by atoms with Crippen molar-refractivity contribution in [3.63, 3.8) is 0 Å². The largest absolute Gasteiger partial charge is 0.508 e. The Hall–Kier alpha value is -2.00. The topological polar surface area (TPSA) is 41.5 Å². The molecular formula is C17H21NO2. The maximum absolute atomic E-state index is 9.79. The SMILES string of the molecule is COc1ccc(O)c(CNCCc2cccc(C)c2)c1. The zero-order chi connectivity index (χ0) is 14.4. The highest BCUT2D eigenvalue weighted by Crippen LogP contribution is 2.22. The third kappa shape index (κ3) is 4.00. The Kier molecular flexibility index (Phi) is 5.02. The fraction of sp³-hybridized carbons (Fsp3) is 0.294. The van der Waals surface area contributed by atoms with Crippen molar-refractivity contribution in [2.45, 2.75) is 19.9 Å². The number of nitrogens with one attached hydrogen (secondary N) is 1. The van der Waals surface area contributed by atoms with E-state index in [1.54, 1.807) is 19.2 Å². The number of rotatable bonds is 6. The van der Waals surface area contributed by atoms with Crippen molar-refractivity contribution in [2.75, 3.05) is 13.7 Å². The van der Waals surface area contributed by atoms with E-state index in [-0.39, 0.29) is 0 Å². The molecule has 2 aromatic rings. The molecule has 0 saturated heterocycles. The summed E-state index contributed by atoms with van der Waals surface area (Å²) in [6.45, 7) is 3.61. The van der Waals surface area contributed by atoms with Gasteiger partial charge in [-0.05, 0) is 43.7 Å². The molecule has 0 bridgehead atoms. The van der Waals surface area contributed by atoms with Crippen LogP contribution in [0.1, 0.15) is 16.7 Å². The average molecular weight is 271 g/mol. The summed E-state index contributed by atoms with van der Waals surface area (Å²) in [6.07, 6.45) is 0.979. The molecule has 0 aromatic heterocycles. The summed E-state index contributed by atoms with van der Waals surface area (Å²) in [5.41, 5.74) is 3.47. The summed E-state index contributed by atoms with van der Waals surface area (Å²) < 4.78 is 5.16. The van der Waals surface area contributed by atoms with Gasteiger partial charge in [0.2, 0.25) is 0 Å². The number of ether oxygens (including phenoxy) is 1.